The Morgan fingerprint density at radius 1 is 1.50 bits per heavy atom. The lowest BCUT2D eigenvalue weighted by Gasteiger charge is -2.32. The third kappa shape index (κ3) is 1.52. The lowest BCUT2D eigenvalue weighted by molar-refractivity contribution is 0.244. The average Bonchev–Trinajstić information content (AvgIpc) is 2.91. The van der Waals surface area contributed by atoms with E-state index in [-0.39, 0.29) is 23.5 Å². The molecule has 1 aliphatic carbocycles. The maximum atomic E-state index is 9.04. The minimum atomic E-state index is -0.575. The van der Waals surface area contributed by atoms with Gasteiger partial charge in [-0.2, -0.15) is 10.5 Å². The number of rotatable bonds is 2. The van der Waals surface area contributed by atoms with Crippen LogP contribution in [0.5, 0.6) is 0 Å². The third-order valence-corrected chi connectivity index (χ3v) is 4.00. The monoisotopic (exact) mass is 216 g/mol. The van der Waals surface area contributed by atoms with Gasteiger partial charge in [0.25, 0.3) is 0 Å². The molecule has 1 heterocycles. The van der Waals surface area contributed by atoms with Gasteiger partial charge in [-0.15, -0.1) is 0 Å². The van der Waals surface area contributed by atoms with Gasteiger partial charge in [0, 0.05) is 5.92 Å². The second-order valence-corrected chi connectivity index (χ2v) is 5.16. The van der Waals surface area contributed by atoms with Crippen molar-refractivity contribution in [1.29, 1.82) is 10.5 Å². The van der Waals surface area contributed by atoms with Crippen molar-refractivity contribution >= 4 is 0 Å². The van der Waals surface area contributed by atoms with E-state index in [1.54, 1.807) is 0 Å². The molecule has 3 heteroatoms. The van der Waals surface area contributed by atoms with Crippen LogP contribution in [0.25, 0.3) is 0 Å². The van der Waals surface area contributed by atoms with Crippen molar-refractivity contribution in [2.75, 3.05) is 0 Å². The summed E-state index contributed by atoms with van der Waals surface area (Å²) < 4.78 is 5.70. The highest BCUT2D eigenvalue weighted by atomic mass is 16.6. The number of allylic oxidation sites excluding steroid dienone is 1. The van der Waals surface area contributed by atoms with Gasteiger partial charge in [-0.05, 0) is 32.6 Å². The second kappa shape index (κ2) is 3.61. The second-order valence-electron chi connectivity index (χ2n) is 5.16. The molecule has 0 aromatic heterocycles. The number of hydrogen-bond acceptors (Lipinski definition) is 3. The fourth-order valence-electron chi connectivity index (χ4n) is 2.97. The summed E-state index contributed by atoms with van der Waals surface area (Å²) in [6.45, 7) is 8.04. The largest absolute Gasteiger partial charge is 0.366 e. The van der Waals surface area contributed by atoms with Gasteiger partial charge in [0.2, 0.25) is 0 Å². The predicted molar refractivity (Wildman–Crippen MR) is 59.0 cm³/mol. The summed E-state index contributed by atoms with van der Waals surface area (Å²) in [6.07, 6.45) is 2.06. The highest BCUT2D eigenvalue weighted by Gasteiger charge is 2.62. The van der Waals surface area contributed by atoms with Crippen molar-refractivity contribution in [2.45, 2.75) is 38.4 Å². The summed E-state index contributed by atoms with van der Waals surface area (Å²) in [6, 6.07) is 4.20. The van der Waals surface area contributed by atoms with Crippen molar-refractivity contribution in [3.05, 3.63) is 12.2 Å². The Bertz CT molecular complexity index is 389. The molecule has 0 radical (unpaired) electrons. The first kappa shape index (κ1) is 11.2. The van der Waals surface area contributed by atoms with E-state index in [2.05, 4.69) is 25.6 Å². The predicted octanol–water partition coefficient (Wildman–Crippen LogP) is 2.41. The van der Waals surface area contributed by atoms with E-state index in [1.165, 1.54) is 0 Å². The quantitative estimate of drug-likeness (QED) is 0.526. The van der Waals surface area contributed by atoms with Gasteiger partial charge >= 0.3 is 0 Å². The standard InChI is InChI=1S/C13H16N2O/c1-8(2)10-4-5-13(3)12(16-13)11(10)9(6-14)7-15/h9-12H,1,4-5H2,2-3H3. The van der Waals surface area contributed by atoms with E-state index in [4.69, 9.17) is 15.3 Å². The van der Waals surface area contributed by atoms with Crippen LogP contribution < -0.4 is 0 Å². The van der Waals surface area contributed by atoms with Crippen LogP contribution in [0.3, 0.4) is 0 Å². The van der Waals surface area contributed by atoms with Crippen molar-refractivity contribution in [3.63, 3.8) is 0 Å². The molecule has 84 valence electrons. The SMILES string of the molecule is C=C(C)C1CCC2(C)OC2C1C(C#N)C#N. The van der Waals surface area contributed by atoms with Crippen LogP contribution in [0, 0.1) is 40.4 Å². The third-order valence-electron chi connectivity index (χ3n) is 4.00. The summed E-state index contributed by atoms with van der Waals surface area (Å²) in [7, 11) is 0. The molecule has 0 aromatic carbocycles. The normalized spacial score (nSPS) is 40.7. The van der Waals surface area contributed by atoms with E-state index in [0.717, 1.165) is 18.4 Å². The molecule has 1 saturated carbocycles. The Balaban J connectivity index is 2.27. The molecule has 16 heavy (non-hydrogen) atoms. The Morgan fingerprint density at radius 3 is 2.62 bits per heavy atom. The zero-order chi connectivity index (χ0) is 11.9. The fraction of sp³-hybridized carbons (Fsp3) is 0.692. The number of fused-ring (bicyclic) bond motifs is 1. The Morgan fingerprint density at radius 2 is 2.12 bits per heavy atom. The molecule has 1 aliphatic heterocycles. The Hall–Kier alpha value is -1.32. The average molecular weight is 216 g/mol. The fourth-order valence-corrected chi connectivity index (χ4v) is 2.97. The maximum Gasteiger partial charge on any atom is 0.139 e. The Labute approximate surface area is 96.3 Å². The molecule has 2 rings (SSSR count). The summed E-state index contributed by atoms with van der Waals surface area (Å²) in [4.78, 5) is 0. The number of hydrogen-bond donors (Lipinski definition) is 0. The first-order valence-electron chi connectivity index (χ1n) is 5.66. The molecular formula is C13H16N2O. The molecule has 0 amide bonds. The van der Waals surface area contributed by atoms with Gasteiger partial charge in [-0.1, -0.05) is 12.2 Å². The lowest BCUT2D eigenvalue weighted by atomic mass is 9.67. The van der Waals surface area contributed by atoms with Gasteiger partial charge in [-0.25, -0.2) is 0 Å². The summed E-state index contributed by atoms with van der Waals surface area (Å²) >= 11 is 0. The van der Waals surface area contributed by atoms with Gasteiger partial charge in [0.1, 0.15) is 5.92 Å². The Kier molecular flexibility index (Phi) is 2.52. The number of epoxide rings is 1. The summed E-state index contributed by atoms with van der Waals surface area (Å²) in [5.74, 6) is -0.315. The van der Waals surface area contributed by atoms with E-state index in [1.807, 2.05) is 6.92 Å². The number of nitriles is 2. The van der Waals surface area contributed by atoms with E-state index in [9.17, 15) is 0 Å². The minimum Gasteiger partial charge on any atom is -0.366 e. The maximum absolute atomic E-state index is 9.04. The molecule has 2 aliphatic rings. The zero-order valence-electron chi connectivity index (χ0n) is 9.73. The zero-order valence-corrected chi connectivity index (χ0v) is 9.73. The van der Waals surface area contributed by atoms with E-state index < -0.39 is 5.92 Å². The van der Waals surface area contributed by atoms with Crippen LogP contribution in [-0.4, -0.2) is 11.7 Å². The van der Waals surface area contributed by atoms with Gasteiger partial charge in [0.05, 0.1) is 23.8 Å². The van der Waals surface area contributed by atoms with Gasteiger partial charge in [0.15, 0.2) is 0 Å². The van der Waals surface area contributed by atoms with Crippen LogP contribution in [0.4, 0.5) is 0 Å². The molecule has 4 atom stereocenters. The van der Waals surface area contributed by atoms with Crippen LogP contribution >= 0.6 is 0 Å². The molecule has 1 saturated heterocycles. The molecule has 0 spiro atoms. The number of nitrogens with zero attached hydrogens (tertiary/aromatic N) is 2. The smallest absolute Gasteiger partial charge is 0.139 e. The van der Waals surface area contributed by atoms with Crippen LogP contribution in [-0.2, 0) is 4.74 Å². The first-order chi connectivity index (χ1) is 7.53. The minimum absolute atomic E-state index is 0.00579. The molecule has 2 fully saturated rings. The van der Waals surface area contributed by atoms with Crippen molar-refractivity contribution < 1.29 is 4.74 Å². The van der Waals surface area contributed by atoms with E-state index >= 15 is 0 Å². The molecule has 0 N–H and O–H groups in total. The number of ether oxygens (including phenoxy) is 1. The molecule has 4 unspecified atom stereocenters. The lowest BCUT2D eigenvalue weighted by Crippen LogP contribution is -2.36. The summed E-state index contributed by atoms with van der Waals surface area (Å²) in [5.41, 5.74) is 0.987. The van der Waals surface area contributed by atoms with Crippen LogP contribution in [0.2, 0.25) is 0 Å². The molecule has 0 aromatic rings. The highest BCUT2D eigenvalue weighted by molar-refractivity contribution is 5.20. The topological polar surface area (TPSA) is 60.1 Å². The van der Waals surface area contributed by atoms with E-state index in [0.29, 0.717) is 0 Å². The van der Waals surface area contributed by atoms with Crippen molar-refractivity contribution in [3.8, 4) is 12.1 Å². The molecule has 0 bridgehead atoms. The summed E-state index contributed by atoms with van der Waals surface area (Å²) in [5, 5.41) is 18.1. The van der Waals surface area contributed by atoms with Crippen LogP contribution in [0.1, 0.15) is 26.7 Å². The van der Waals surface area contributed by atoms with Crippen molar-refractivity contribution in [2.24, 2.45) is 17.8 Å². The van der Waals surface area contributed by atoms with Crippen LogP contribution in [0.15, 0.2) is 12.2 Å². The van der Waals surface area contributed by atoms with Crippen molar-refractivity contribution in [1.82, 2.24) is 0 Å². The van der Waals surface area contributed by atoms with Gasteiger partial charge < -0.3 is 4.74 Å². The van der Waals surface area contributed by atoms with Gasteiger partial charge in [-0.3, -0.25) is 0 Å². The molecule has 3 nitrogen and oxygen atoms in total. The molecular weight excluding hydrogens is 200 g/mol. The highest BCUT2D eigenvalue weighted by Crippen LogP contribution is 2.55. The first-order valence-corrected chi connectivity index (χ1v) is 5.66.